The highest BCUT2D eigenvalue weighted by Crippen LogP contribution is 2.02. The average molecular weight is 210 g/mol. The Hall–Kier alpha value is -1.01. The fraction of sp³-hybridized carbons (Fsp3) is 0.750. The maximum absolute atomic E-state index is 11.4. The van der Waals surface area contributed by atoms with Crippen molar-refractivity contribution in [3.05, 3.63) is 0 Å². The molecule has 0 aromatic heterocycles. The highest BCUT2D eigenvalue weighted by atomic mass is 16.1. The minimum atomic E-state index is 0.0894. The van der Waals surface area contributed by atoms with Gasteiger partial charge in [-0.2, -0.15) is 0 Å². The monoisotopic (exact) mass is 210 g/mol. The second kappa shape index (κ2) is 9.54. The summed E-state index contributed by atoms with van der Waals surface area (Å²) < 4.78 is 0. The van der Waals surface area contributed by atoms with Crippen LogP contribution in [0.2, 0.25) is 0 Å². The molecule has 1 atom stereocenters. The summed E-state index contributed by atoms with van der Waals surface area (Å²) in [7, 11) is 0. The van der Waals surface area contributed by atoms with Crippen LogP contribution in [0.15, 0.2) is 0 Å². The van der Waals surface area contributed by atoms with Crippen LogP contribution in [-0.2, 0) is 4.79 Å². The fourth-order valence-corrected chi connectivity index (χ4v) is 1.36. The van der Waals surface area contributed by atoms with E-state index < -0.39 is 0 Å². The molecule has 86 valence electrons. The number of unbranched alkanes of at least 4 members (excludes halogenated alkanes) is 3. The second-order valence-corrected chi connectivity index (χ2v) is 3.83. The van der Waals surface area contributed by atoms with Crippen molar-refractivity contribution in [2.24, 2.45) is 5.73 Å². The maximum Gasteiger partial charge on any atom is 0.220 e. The van der Waals surface area contributed by atoms with Gasteiger partial charge in [-0.1, -0.05) is 12.8 Å². The lowest BCUT2D eigenvalue weighted by molar-refractivity contribution is -0.121. The van der Waals surface area contributed by atoms with Crippen LogP contribution in [0.1, 0.15) is 45.4 Å². The predicted octanol–water partition coefficient (Wildman–Crippen LogP) is 1.42. The fourth-order valence-electron chi connectivity index (χ4n) is 1.36. The van der Waals surface area contributed by atoms with Crippen molar-refractivity contribution < 1.29 is 4.79 Å². The van der Waals surface area contributed by atoms with Crippen molar-refractivity contribution in [2.75, 3.05) is 6.54 Å². The van der Waals surface area contributed by atoms with E-state index in [-0.39, 0.29) is 11.9 Å². The molecule has 0 saturated carbocycles. The van der Waals surface area contributed by atoms with Gasteiger partial charge < -0.3 is 11.1 Å². The lowest BCUT2D eigenvalue weighted by Crippen LogP contribution is -2.31. The second-order valence-electron chi connectivity index (χ2n) is 3.83. The van der Waals surface area contributed by atoms with Gasteiger partial charge in [0.25, 0.3) is 0 Å². The number of amides is 1. The van der Waals surface area contributed by atoms with Gasteiger partial charge in [0.05, 0.1) is 0 Å². The molecule has 0 aliphatic rings. The predicted molar refractivity (Wildman–Crippen MR) is 63.2 cm³/mol. The van der Waals surface area contributed by atoms with Crippen molar-refractivity contribution in [1.29, 1.82) is 0 Å². The SMILES string of the molecule is C#CCC(C)NC(=O)CCCCCCN. The van der Waals surface area contributed by atoms with Crippen LogP contribution in [0.25, 0.3) is 0 Å². The normalized spacial score (nSPS) is 11.8. The Bertz CT molecular complexity index is 208. The quantitative estimate of drug-likeness (QED) is 0.470. The van der Waals surface area contributed by atoms with Gasteiger partial charge in [0.1, 0.15) is 0 Å². The summed E-state index contributed by atoms with van der Waals surface area (Å²) in [5, 5.41) is 2.87. The molecule has 0 aromatic rings. The van der Waals surface area contributed by atoms with Crippen LogP contribution < -0.4 is 11.1 Å². The molecule has 0 saturated heterocycles. The first kappa shape index (κ1) is 14.0. The lowest BCUT2D eigenvalue weighted by Gasteiger charge is -2.10. The highest BCUT2D eigenvalue weighted by molar-refractivity contribution is 5.76. The van der Waals surface area contributed by atoms with Crippen molar-refractivity contribution in [1.82, 2.24) is 5.32 Å². The zero-order valence-electron chi connectivity index (χ0n) is 9.59. The first-order valence-corrected chi connectivity index (χ1v) is 5.63. The van der Waals surface area contributed by atoms with Crippen LogP contribution >= 0.6 is 0 Å². The minimum Gasteiger partial charge on any atom is -0.353 e. The van der Waals surface area contributed by atoms with E-state index in [2.05, 4.69) is 11.2 Å². The Kier molecular flexibility index (Phi) is 8.90. The Balaban J connectivity index is 3.37. The van der Waals surface area contributed by atoms with Gasteiger partial charge in [0, 0.05) is 18.9 Å². The number of hydrogen-bond acceptors (Lipinski definition) is 2. The summed E-state index contributed by atoms with van der Waals surface area (Å²) in [4.78, 5) is 11.4. The summed E-state index contributed by atoms with van der Waals surface area (Å²) in [5.74, 6) is 2.63. The largest absolute Gasteiger partial charge is 0.353 e. The number of rotatable bonds is 8. The van der Waals surface area contributed by atoms with Gasteiger partial charge in [0.2, 0.25) is 5.91 Å². The van der Waals surface area contributed by atoms with E-state index in [1.807, 2.05) is 6.92 Å². The molecule has 0 aliphatic carbocycles. The molecule has 0 radical (unpaired) electrons. The summed E-state index contributed by atoms with van der Waals surface area (Å²) in [6.07, 6.45) is 10.5. The molecule has 15 heavy (non-hydrogen) atoms. The summed E-state index contributed by atoms with van der Waals surface area (Å²) in [5.41, 5.74) is 5.37. The van der Waals surface area contributed by atoms with Crippen LogP contribution in [-0.4, -0.2) is 18.5 Å². The molecule has 0 rings (SSSR count). The Labute approximate surface area is 92.8 Å². The molecule has 1 amide bonds. The number of hydrogen-bond donors (Lipinski definition) is 2. The van der Waals surface area contributed by atoms with Crippen molar-refractivity contribution in [2.45, 2.75) is 51.5 Å². The first-order chi connectivity index (χ1) is 7.20. The molecule has 0 fully saturated rings. The minimum absolute atomic E-state index is 0.0894. The van der Waals surface area contributed by atoms with Gasteiger partial charge in [-0.05, 0) is 26.3 Å². The molecule has 0 spiro atoms. The Morgan fingerprint density at radius 3 is 2.67 bits per heavy atom. The number of terminal acetylenes is 1. The molecule has 1 unspecified atom stereocenters. The third-order valence-electron chi connectivity index (χ3n) is 2.19. The molecular weight excluding hydrogens is 188 g/mol. The smallest absolute Gasteiger partial charge is 0.220 e. The molecule has 0 bridgehead atoms. The van der Waals surface area contributed by atoms with E-state index in [1.54, 1.807) is 0 Å². The van der Waals surface area contributed by atoms with E-state index in [0.29, 0.717) is 12.8 Å². The molecule has 0 aliphatic heterocycles. The van der Waals surface area contributed by atoms with Gasteiger partial charge in [-0.25, -0.2) is 0 Å². The molecule has 3 N–H and O–H groups in total. The molecular formula is C12H22N2O. The third kappa shape index (κ3) is 9.30. The molecule has 0 aromatic carbocycles. The molecule has 0 heterocycles. The van der Waals surface area contributed by atoms with E-state index in [1.165, 1.54) is 0 Å². The Morgan fingerprint density at radius 1 is 1.40 bits per heavy atom. The highest BCUT2D eigenvalue weighted by Gasteiger charge is 2.05. The zero-order valence-corrected chi connectivity index (χ0v) is 9.59. The van der Waals surface area contributed by atoms with Crippen molar-refractivity contribution in [3.63, 3.8) is 0 Å². The van der Waals surface area contributed by atoms with Gasteiger partial charge in [-0.15, -0.1) is 12.3 Å². The lowest BCUT2D eigenvalue weighted by atomic mass is 10.1. The summed E-state index contributed by atoms with van der Waals surface area (Å²) in [6.45, 7) is 2.66. The standard InChI is InChI=1S/C12H22N2O/c1-3-8-11(2)14-12(15)9-6-4-5-7-10-13/h1,11H,4-10,13H2,2H3,(H,14,15). The van der Waals surface area contributed by atoms with Crippen LogP contribution in [0.3, 0.4) is 0 Å². The number of nitrogens with two attached hydrogens (primary N) is 1. The average Bonchev–Trinajstić information content (AvgIpc) is 2.17. The van der Waals surface area contributed by atoms with E-state index in [9.17, 15) is 4.79 Å². The van der Waals surface area contributed by atoms with Crippen molar-refractivity contribution >= 4 is 5.91 Å². The summed E-state index contributed by atoms with van der Waals surface area (Å²) >= 11 is 0. The van der Waals surface area contributed by atoms with E-state index in [0.717, 1.165) is 32.2 Å². The van der Waals surface area contributed by atoms with Crippen LogP contribution in [0.4, 0.5) is 0 Å². The maximum atomic E-state index is 11.4. The van der Waals surface area contributed by atoms with E-state index >= 15 is 0 Å². The number of carbonyl (C=O) groups is 1. The number of nitrogens with one attached hydrogen (secondary N) is 1. The molecule has 3 heteroatoms. The van der Waals surface area contributed by atoms with Crippen LogP contribution in [0, 0.1) is 12.3 Å². The van der Waals surface area contributed by atoms with Gasteiger partial charge in [0.15, 0.2) is 0 Å². The Morgan fingerprint density at radius 2 is 2.07 bits per heavy atom. The van der Waals surface area contributed by atoms with Gasteiger partial charge in [-0.3, -0.25) is 4.79 Å². The first-order valence-electron chi connectivity index (χ1n) is 5.63. The third-order valence-corrected chi connectivity index (χ3v) is 2.19. The molecule has 3 nitrogen and oxygen atoms in total. The number of carbonyl (C=O) groups excluding carboxylic acids is 1. The topological polar surface area (TPSA) is 55.1 Å². The van der Waals surface area contributed by atoms with Crippen LogP contribution in [0.5, 0.6) is 0 Å². The van der Waals surface area contributed by atoms with Crippen molar-refractivity contribution in [3.8, 4) is 12.3 Å². The van der Waals surface area contributed by atoms with E-state index in [4.69, 9.17) is 12.2 Å². The van der Waals surface area contributed by atoms with Gasteiger partial charge >= 0.3 is 0 Å². The zero-order chi connectivity index (χ0) is 11.5. The summed E-state index contributed by atoms with van der Waals surface area (Å²) in [6, 6.07) is 0.0894.